The second-order valence-corrected chi connectivity index (χ2v) is 4.23. The SMILES string of the molecule is C=C/C=C(\C=C)CNc1nc(SC)ncc1C(=O)O. The number of carbonyl (C=O) groups is 1. The maximum atomic E-state index is 11.1. The van der Waals surface area contributed by atoms with Gasteiger partial charge in [-0.05, 0) is 11.8 Å². The molecule has 0 atom stereocenters. The first kappa shape index (κ1) is 15.0. The van der Waals surface area contributed by atoms with Gasteiger partial charge in [-0.25, -0.2) is 14.8 Å². The summed E-state index contributed by atoms with van der Waals surface area (Å²) in [5.74, 6) is -0.772. The van der Waals surface area contributed by atoms with Crippen LogP contribution in [-0.4, -0.2) is 33.8 Å². The Balaban J connectivity index is 2.97. The zero-order valence-electron chi connectivity index (χ0n) is 10.6. The number of anilines is 1. The van der Waals surface area contributed by atoms with Gasteiger partial charge in [0.25, 0.3) is 0 Å². The molecule has 1 aromatic heterocycles. The molecule has 2 N–H and O–H groups in total. The molecule has 0 amide bonds. The van der Waals surface area contributed by atoms with Crippen molar-refractivity contribution in [2.75, 3.05) is 18.1 Å². The van der Waals surface area contributed by atoms with Crippen molar-refractivity contribution in [3.63, 3.8) is 0 Å². The predicted molar refractivity (Wildman–Crippen MR) is 77.7 cm³/mol. The number of thioether (sulfide) groups is 1. The molecule has 19 heavy (non-hydrogen) atoms. The molecule has 6 heteroatoms. The van der Waals surface area contributed by atoms with Crippen molar-refractivity contribution in [2.45, 2.75) is 5.16 Å². The molecule has 0 aromatic carbocycles. The fourth-order valence-electron chi connectivity index (χ4n) is 1.29. The maximum absolute atomic E-state index is 11.1. The second kappa shape index (κ2) is 7.38. The van der Waals surface area contributed by atoms with Crippen molar-refractivity contribution in [3.8, 4) is 0 Å². The van der Waals surface area contributed by atoms with E-state index in [1.807, 2.05) is 6.26 Å². The van der Waals surface area contributed by atoms with E-state index < -0.39 is 5.97 Å². The molecule has 1 aromatic rings. The molecule has 0 spiro atoms. The third-order valence-electron chi connectivity index (χ3n) is 2.23. The minimum atomic E-state index is -1.07. The molecule has 0 saturated carbocycles. The minimum Gasteiger partial charge on any atom is -0.477 e. The van der Waals surface area contributed by atoms with E-state index in [4.69, 9.17) is 5.11 Å². The Bertz CT molecular complexity index is 527. The molecule has 1 rings (SSSR count). The zero-order chi connectivity index (χ0) is 14.3. The Morgan fingerprint density at radius 1 is 1.58 bits per heavy atom. The Morgan fingerprint density at radius 3 is 2.84 bits per heavy atom. The molecule has 0 unspecified atom stereocenters. The van der Waals surface area contributed by atoms with Crippen LogP contribution in [0.15, 0.2) is 48.3 Å². The van der Waals surface area contributed by atoms with E-state index in [-0.39, 0.29) is 5.56 Å². The van der Waals surface area contributed by atoms with E-state index in [2.05, 4.69) is 28.4 Å². The summed E-state index contributed by atoms with van der Waals surface area (Å²) >= 11 is 1.35. The van der Waals surface area contributed by atoms with E-state index in [1.54, 1.807) is 18.2 Å². The van der Waals surface area contributed by atoms with Crippen molar-refractivity contribution in [3.05, 3.63) is 48.7 Å². The molecule has 0 aliphatic rings. The number of nitrogens with zero attached hydrogens (tertiary/aromatic N) is 2. The largest absolute Gasteiger partial charge is 0.477 e. The van der Waals surface area contributed by atoms with Gasteiger partial charge >= 0.3 is 5.97 Å². The van der Waals surface area contributed by atoms with Gasteiger partial charge in [0.15, 0.2) is 5.16 Å². The lowest BCUT2D eigenvalue weighted by Crippen LogP contribution is -2.11. The van der Waals surface area contributed by atoms with Crippen LogP contribution < -0.4 is 5.32 Å². The van der Waals surface area contributed by atoms with Crippen LogP contribution in [0.25, 0.3) is 0 Å². The number of aromatic nitrogens is 2. The van der Waals surface area contributed by atoms with Crippen molar-refractivity contribution in [2.24, 2.45) is 0 Å². The summed E-state index contributed by atoms with van der Waals surface area (Å²) in [6.07, 6.45) is 8.23. The molecule has 0 aliphatic carbocycles. The van der Waals surface area contributed by atoms with Crippen LogP contribution >= 0.6 is 11.8 Å². The van der Waals surface area contributed by atoms with Crippen LogP contribution in [0.4, 0.5) is 5.82 Å². The number of rotatable bonds is 7. The molecular formula is C13H15N3O2S. The van der Waals surface area contributed by atoms with Gasteiger partial charge in [-0.1, -0.05) is 43.1 Å². The second-order valence-electron chi connectivity index (χ2n) is 3.46. The number of carboxylic acids is 1. The van der Waals surface area contributed by atoms with E-state index in [0.29, 0.717) is 17.5 Å². The predicted octanol–water partition coefficient (Wildman–Crippen LogP) is 2.61. The number of carboxylic acid groups (broad SMARTS) is 1. The topological polar surface area (TPSA) is 75.1 Å². The first-order valence-electron chi connectivity index (χ1n) is 5.44. The monoisotopic (exact) mass is 277 g/mol. The summed E-state index contributed by atoms with van der Waals surface area (Å²) in [6.45, 7) is 7.69. The molecule has 5 nitrogen and oxygen atoms in total. The Labute approximate surface area is 116 Å². The lowest BCUT2D eigenvalue weighted by molar-refractivity contribution is 0.0697. The summed E-state index contributed by atoms with van der Waals surface area (Å²) in [4.78, 5) is 19.2. The van der Waals surface area contributed by atoms with Gasteiger partial charge < -0.3 is 10.4 Å². The highest BCUT2D eigenvalue weighted by Gasteiger charge is 2.13. The Kier molecular flexibility index (Phi) is 5.81. The molecule has 100 valence electrons. The van der Waals surface area contributed by atoms with Crippen LogP contribution in [0.5, 0.6) is 0 Å². The fourth-order valence-corrected chi connectivity index (χ4v) is 1.63. The third kappa shape index (κ3) is 4.26. The van der Waals surface area contributed by atoms with Gasteiger partial charge in [-0.2, -0.15) is 0 Å². The number of nitrogens with one attached hydrogen (secondary N) is 1. The van der Waals surface area contributed by atoms with Gasteiger partial charge in [0.05, 0.1) is 0 Å². The molecule has 0 radical (unpaired) electrons. The molecule has 0 bridgehead atoms. The maximum Gasteiger partial charge on any atom is 0.341 e. The highest BCUT2D eigenvalue weighted by Crippen LogP contribution is 2.17. The van der Waals surface area contributed by atoms with Crippen LogP contribution in [0.1, 0.15) is 10.4 Å². The van der Waals surface area contributed by atoms with Gasteiger partial charge in [-0.15, -0.1) is 0 Å². The van der Waals surface area contributed by atoms with Crippen molar-refractivity contribution in [1.82, 2.24) is 9.97 Å². The van der Waals surface area contributed by atoms with Gasteiger partial charge in [0, 0.05) is 12.7 Å². The van der Waals surface area contributed by atoms with Crippen molar-refractivity contribution < 1.29 is 9.90 Å². The van der Waals surface area contributed by atoms with Crippen molar-refractivity contribution in [1.29, 1.82) is 0 Å². The van der Waals surface area contributed by atoms with Crippen LogP contribution in [0.2, 0.25) is 0 Å². The smallest absolute Gasteiger partial charge is 0.341 e. The van der Waals surface area contributed by atoms with E-state index in [1.165, 1.54) is 18.0 Å². The summed E-state index contributed by atoms with van der Waals surface area (Å²) in [5, 5.41) is 12.6. The molecule has 0 fully saturated rings. The highest BCUT2D eigenvalue weighted by molar-refractivity contribution is 7.98. The van der Waals surface area contributed by atoms with Crippen LogP contribution in [0, 0.1) is 0 Å². The Hall–Kier alpha value is -2.08. The molecule has 1 heterocycles. The lowest BCUT2D eigenvalue weighted by atomic mass is 10.2. The van der Waals surface area contributed by atoms with Gasteiger partial charge in [-0.3, -0.25) is 0 Å². The number of aromatic carboxylic acids is 1. The van der Waals surface area contributed by atoms with E-state index in [0.717, 1.165) is 5.57 Å². The molecular weight excluding hydrogens is 262 g/mol. The Morgan fingerprint density at radius 2 is 2.32 bits per heavy atom. The van der Waals surface area contributed by atoms with E-state index in [9.17, 15) is 4.79 Å². The molecule has 0 aliphatic heterocycles. The summed E-state index contributed by atoms with van der Waals surface area (Å²) in [6, 6.07) is 0. The normalized spacial score (nSPS) is 10.9. The third-order valence-corrected chi connectivity index (χ3v) is 2.80. The van der Waals surface area contributed by atoms with Gasteiger partial charge in [0.2, 0.25) is 0 Å². The van der Waals surface area contributed by atoms with Gasteiger partial charge in [0.1, 0.15) is 11.4 Å². The standard InChI is InChI=1S/C13H15N3O2S/c1-4-6-9(5-2)7-14-11-10(12(17)18)8-15-13(16-11)19-3/h4-6,8H,1-2,7H2,3H3,(H,17,18)(H,14,15,16)/b9-6+. The van der Waals surface area contributed by atoms with E-state index >= 15 is 0 Å². The quantitative estimate of drug-likeness (QED) is 0.453. The highest BCUT2D eigenvalue weighted by atomic mass is 32.2. The minimum absolute atomic E-state index is 0.0415. The van der Waals surface area contributed by atoms with Crippen LogP contribution in [-0.2, 0) is 0 Å². The van der Waals surface area contributed by atoms with Crippen LogP contribution in [0.3, 0.4) is 0 Å². The molecule has 0 saturated heterocycles. The number of hydrogen-bond donors (Lipinski definition) is 2. The first-order chi connectivity index (χ1) is 9.12. The summed E-state index contributed by atoms with van der Waals surface area (Å²) < 4.78 is 0. The van der Waals surface area contributed by atoms with Crippen molar-refractivity contribution >= 4 is 23.5 Å². The summed E-state index contributed by atoms with van der Waals surface area (Å²) in [7, 11) is 0. The summed E-state index contributed by atoms with van der Waals surface area (Å²) in [5.41, 5.74) is 0.926. The number of hydrogen-bond acceptors (Lipinski definition) is 5. The average molecular weight is 277 g/mol. The average Bonchev–Trinajstić information content (AvgIpc) is 2.42. The first-order valence-corrected chi connectivity index (χ1v) is 6.67. The number of allylic oxidation sites excluding steroid dienone is 2. The fraction of sp³-hybridized carbons (Fsp3) is 0.154. The lowest BCUT2D eigenvalue weighted by Gasteiger charge is -2.09. The zero-order valence-corrected chi connectivity index (χ0v) is 11.4.